The van der Waals surface area contributed by atoms with E-state index in [4.69, 9.17) is 10.2 Å². The quantitative estimate of drug-likeness (QED) is 0.517. The summed E-state index contributed by atoms with van der Waals surface area (Å²) in [7, 11) is 0. The van der Waals surface area contributed by atoms with E-state index in [1.54, 1.807) is 18.3 Å². The van der Waals surface area contributed by atoms with Crippen LogP contribution in [0.1, 0.15) is 48.5 Å². The molecule has 1 saturated heterocycles. The smallest absolute Gasteiger partial charge is 0.254 e. The fourth-order valence-electron chi connectivity index (χ4n) is 4.04. The first-order valence-corrected chi connectivity index (χ1v) is 10.3. The van der Waals surface area contributed by atoms with E-state index in [0.717, 1.165) is 40.9 Å². The van der Waals surface area contributed by atoms with Crippen molar-refractivity contribution < 1.29 is 4.79 Å². The number of nitrogens with one attached hydrogen (secondary N) is 4. The molecule has 0 saturated carbocycles. The van der Waals surface area contributed by atoms with E-state index < -0.39 is 0 Å². The third-order valence-corrected chi connectivity index (χ3v) is 5.52. The second-order valence-corrected chi connectivity index (χ2v) is 7.48. The number of rotatable bonds is 6. The normalized spacial score (nSPS) is 16.6. The molecule has 1 unspecified atom stereocenters. The van der Waals surface area contributed by atoms with Gasteiger partial charge in [0.2, 0.25) is 0 Å². The van der Waals surface area contributed by atoms with E-state index in [1.165, 1.54) is 19.3 Å². The molecular formula is C22H26N6O. The molecule has 3 aliphatic heterocycles. The molecule has 7 nitrogen and oxygen atoms in total. The topological polar surface area (TPSA) is 106 Å². The maximum absolute atomic E-state index is 12.9. The number of benzene rings is 1. The highest BCUT2D eigenvalue weighted by molar-refractivity contribution is 6.07. The molecule has 0 spiro atoms. The molecule has 0 radical (unpaired) electrons. The first kappa shape index (κ1) is 19.2. The van der Waals surface area contributed by atoms with Gasteiger partial charge in [0.25, 0.3) is 5.91 Å². The van der Waals surface area contributed by atoms with Crippen LogP contribution in [0.3, 0.4) is 0 Å². The number of pyridine rings is 1. The average molecular weight is 390 g/mol. The van der Waals surface area contributed by atoms with Gasteiger partial charge in [-0.15, -0.1) is 0 Å². The molecule has 29 heavy (non-hydrogen) atoms. The molecule has 1 aromatic rings. The number of anilines is 1. The number of aromatic nitrogens is 2. The summed E-state index contributed by atoms with van der Waals surface area (Å²) in [4.78, 5) is 20.8. The van der Waals surface area contributed by atoms with Crippen molar-refractivity contribution in [3.8, 4) is 17.5 Å². The Labute approximate surface area is 170 Å². The standard InChI is InChI=1S/C22H26N6O/c1-2-24-20-17(22(29)26-10-8-15-5-3-4-9-25-15)13-27-19-16-7-6-14(12-23)11-18(16)28-21(19)20/h6-7,11,13,15,24-25,27H,2-5,8-10H2,1H3,(H,26,29). The molecule has 1 fully saturated rings. The lowest BCUT2D eigenvalue weighted by atomic mass is 10.0. The van der Waals surface area contributed by atoms with Gasteiger partial charge in [0.15, 0.2) is 0 Å². The van der Waals surface area contributed by atoms with E-state index in [1.807, 2.05) is 13.0 Å². The van der Waals surface area contributed by atoms with Crippen molar-refractivity contribution in [2.24, 2.45) is 0 Å². The van der Waals surface area contributed by atoms with Crippen LogP contribution in [0.2, 0.25) is 0 Å². The summed E-state index contributed by atoms with van der Waals surface area (Å²) in [6.45, 7) is 4.38. The van der Waals surface area contributed by atoms with Gasteiger partial charge in [-0.2, -0.15) is 5.26 Å². The summed E-state index contributed by atoms with van der Waals surface area (Å²) in [5.74, 6) is -0.111. The molecule has 0 aliphatic carbocycles. The Balaban J connectivity index is 1.60. The summed E-state index contributed by atoms with van der Waals surface area (Å²) in [5.41, 5.74) is 4.18. The number of H-pyrrole nitrogens is 1. The first-order chi connectivity index (χ1) is 14.2. The predicted molar refractivity (Wildman–Crippen MR) is 114 cm³/mol. The second-order valence-electron chi connectivity index (χ2n) is 7.48. The Morgan fingerprint density at radius 3 is 3.03 bits per heavy atom. The first-order valence-electron chi connectivity index (χ1n) is 10.3. The van der Waals surface area contributed by atoms with Crippen molar-refractivity contribution in [3.63, 3.8) is 0 Å². The summed E-state index contributed by atoms with van der Waals surface area (Å²) < 4.78 is 0. The highest BCUT2D eigenvalue weighted by atomic mass is 16.1. The maximum Gasteiger partial charge on any atom is 0.254 e. The highest BCUT2D eigenvalue weighted by Gasteiger charge is 2.23. The minimum Gasteiger partial charge on any atom is -0.383 e. The molecule has 1 aromatic carbocycles. The van der Waals surface area contributed by atoms with Crippen LogP contribution in [0, 0.1) is 11.3 Å². The Kier molecular flexibility index (Phi) is 5.63. The van der Waals surface area contributed by atoms with Crippen LogP contribution in [-0.4, -0.2) is 41.6 Å². The molecule has 1 atom stereocenters. The van der Waals surface area contributed by atoms with E-state index >= 15 is 0 Å². The lowest BCUT2D eigenvalue weighted by Crippen LogP contribution is -2.37. The van der Waals surface area contributed by atoms with Gasteiger partial charge in [-0.3, -0.25) is 4.79 Å². The van der Waals surface area contributed by atoms with Gasteiger partial charge in [0, 0.05) is 30.7 Å². The van der Waals surface area contributed by atoms with Crippen molar-refractivity contribution in [2.75, 3.05) is 25.0 Å². The molecule has 7 heteroatoms. The second kappa shape index (κ2) is 8.50. The summed E-state index contributed by atoms with van der Waals surface area (Å²) >= 11 is 0. The third-order valence-electron chi connectivity index (χ3n) is 5.52. The zero-order chi connectivity index (χ0) is 20.2. The number of nitriles is 1. The van der Waals surface area contributed by atoms with Gasteiger partial charge in [-0.05, 0) is 50.9 Å². The van der Waals surface area contributed by atoms with Crippen LogP contribution < -0.4 is 16.0 Å². The number of carbonyl (C=O) groups excluding carboxylic acids is 1. The molecule has 3 aliphatic rings. The van der Waals surface area contributed by atoms with E-state index in [2.05, 4.69) is 27.0 Å². The molecule has 1 amide bonds. The number of hydrogen-bond acceptors (Lipinski definition) is 5. The van der Waals surface area contributed by atoms with E-state index in [9.17, 15) is 4.79 Å². The lowest BCUT2D eigenvalue weighted by molar-refractivity contribution is 0.0952. The fraction of sp³-hybridized carbons (Fsp3) is 0.409. The summed E-state index contributed by atoms with van der Waals surface area (Å²) in [6, 6.07) is 8.09. The monoisotopic (exact) mass is 390 g/mol. The number of amides is 1. The van der Waals surface area contributed by atoms with E-state index in [-0.39, 0.29) is 5.91 Å². The molecule has 0 bridgehead atoms. The highest BCUT2D eigenvalue weighted by Crippen LogP contribution is 2.36. The molecular weight excluding hydrogens is 364 g/mol. The Bertz CT molecular complexity index is 1030. The molecule has 4 N–H and O–H groups in total. The van der Waals surface area contributed by atoms with Crippen LogP contribution in [0.25, 0.3) is 22.3 Å². The minimum atomic E-state index is -0.111. The number of carbonyl (C=O) groups is 1. The van der Waals surface area contributed by atoms with Crippen molar-refractivity contribution in [3.05, 3.63) is 35.5 Å². The average Bonchev–Trinajstić information content (AvgIpc) is 3.13. The molecule has 150 valence electrons. The van der Waals surface area contributed by atoms with Crippen LogP contribution in [0.5, 0.6) is 0 Å². The number of fused-ring (bicyclic) bond motifs is 3. The number of nitrogens with zero attached hydrogens (tertiary/aromatic N) is 2. The Hall–Kier alpha value is -3.11. The van der Waals surface area contributed by atoms with Crippen molar-refractivity contribution in [1.82, 2.24) is 20.6 Å². The largest absolute Gasteiger partial charge is 0.383 e. The van der Waals surface area contributed by atoms with Crippen LogP contribution in [0.4, 0.5) is 5.69 Å². The number of aromatic amines is 1. The van der Waals surface area contributed by atoms with Gasteiger partial charge in [0.05, 0.1) is 34.1 Å². The van der Waals surface area contributed by atoms with Crippen molar-refractivity contribution >= 4 is 22.5 Å². The van der Waals surface area contributed by atoms with Crippen molar-refractivity contribution in [2.45, 2.75) is 38.6 Å². The van der Waals surface area contributed by atoms with Crippen LogP contribution >= 0.6 is 0 Å². The predicted octanol–water partition coefficient (Wildman–Crippen LogP) is 3.23. The number of hydrogen-bond donors (Lipinski definition) is 4. The van der Waals surface area contributed by atoms with Crippen molar-refractivity contribution in [1.29, 1.82) is 5.26 Å². The number of piperidine rings is 1. The minimum absolute atomic E-state index is 0.111. The summed E-state index contributed by atoms with van der Waals surface area (Å²) in [5, 5.41) is 20.0. The lowest BCUT2D eigenvalue weighted by Gasteiger charge is -2.23. The van der Waals surface area contributed by atoms with Gasteiger partial charge in [0.1, 0.15) is 5.69 Å². The van der Waals surface area contributed by atoms with Gasteiger partial charge < -0.3 is 20.9 Å². The maximum atomic E-state index is 12.9. The Morgan fingerprint density at radius 2 is 2.28 bits per heavy atom. The van der Waals surface area contributed by atoms with Gasteiger partial charge >= 0.3 is 0 Å². The molecule has 4 rings (SSSR count). The van der Waals surface area contributed by atoms with Gasteiger partial charge in [-0.25, -0.2) is 4.98 Å². The van der Waals surface area contributed by atoms with Crippen LogP contribution in [0.15, 0.2) is 24.4 Å². The van der Waals surface area contributed by atoms with Crippen LogP contribution in [-0.2, 0) is 0 Å². The van der Waals surface area contributed by atoms with E-state index in [0.29, 0.717) is 30.3 Å². The zero-order valence-corrected chi connectivity index (χ0v) is 16.6. The molecule has 3 heterocycles. The molecule has 0 aromatic heterocycles. The SMILES string of the molecule is CCNc1c(C(=O)NCCC2CCCCN2)c[nH]c2c3ccc(C#N)cc3nc1-2. The van der Waals surface area contributed by atoms with Gasteiger partial charge in [-0.1, -0.05) is 6.42 Å². The summed E-state index contributed by atoms with van der Waals surface area (Å²) in [6.07, 6.45) is 6.34. The third kappa shape index (κ3) is 3.89. The fourth-order valence-corrected chi connectivity index (χ4v) is 4.04. The zero-order valence-electron chi connectivity index (χ0n) is 16.6. The Morgan fingerprint density at radius 1 is 1.38 bits per heavy atom.